The quantitative estimate of drug-likeness (QED) is 0.594. The lowest BCUT2D eigenvalue weighted by Crippen LogP contribution is -2.35. The Kier molecular flexibility index (Phi) is 8.47. The van der Waals surface area contributed by atoms with Crippen LogP contribution in [0.3, 0.4) is 0 Å². The molecule has 2 rings (SSSR count). The maximum absolute atomic E-state index is 5.64. The van der Waals surface area contributed by atoms with Gasteiger partial charge >= 0.3 is 0 Å². The molecule has 0 fully saturated rings. The van der Waals surface area contributed by atoms with Crippen molar-refractivity contribution in [2.24, 2.45) is 0 Å². The molecule has 2 aromatic carbocycles. The van der Waals surface area contributed by atoms with E-state index in [1.165, 1.54) is 11.1 Å². The summed E-state index contributed by atoms with van der Waals surface area (Å²) in [4.78, 5) is 0. The molecular formula is C20H26BrNO2. The Morgan fingerprint density at radius 2 is 1.54 bits per heavy atom. The van der Waals surface area contributed by atoms with Gasteiger partial charge in [-0.2, -0.15) is 0 Å². The van der Waals surface area contributed by atoms with Crippen LogP contribution in [0.1, 0.15) is 31.0 Å². The van der Waals surface area contributed by atoms with Crippen molar-refractivity contribution in [1.82, 2.24) is 5.32 Å². The zero-order chi connectivity index (χ0) is 17.2. The molecule has 0 amide bonds. The molecule has 0 heterocycles. The van der Waals surface area contributed by atoms with Gasteiger partial charge in [-0.25, -0.2) is 0 Å². The van der Waals surface area contributed by atoms with Crippen LogP contribution in [0.25, 0.3) is 0 Å². The largest absolute Gasteiger partial charge is 0.352 e. The SMILES string of the molecule is CCOC(CN[C@@H](Cc1ccc(Br)cc1)c1ccccc1)OCC. The summed E-state index contributed by atoms with van der Waals surface area (Å²) in [5, 5.41) is 3.61. The molecule has 2 aromatic rings. The predicted molar refractivity (Wildman–Crippen MR) is 102 cm³/mol. The van der Waals surface area contributed by atoms with Crippen molar-refractivity contribution >= 4 is 15.9 Å². The summed E-state index contributed by atoms with van der Waals surface area (Å²) in [6.07, 6.45) is 0.707. The Balaban J connectivity index is 2.06. The highest BCUT2D eigenvalue weighted by Crippen LogP contribution is 2.20. The van der Waals surface area contributed by atoms with Gasteiger partial charge in [0, 0.05) is 30.3 Å². The minimum absolute atomic E-state index is 0.212. The number of rotatable bonds is 10. The van der Waals surface area contributed by atoms with E-state index >= 15 is 0 Å². The molecule has 0 radical (unpaired) electrons. The molecule has 0 saturated carbocycles. The molecule has 1 atom stereocenters. The third-order valence-electron chi connectivity index (χ3n) is 3.79. The second kappa shape index (κ2) is 10.6. The first kappa shape index (κ1) is 19.1. The molecule has 0 aliphatic heterocycles. The van der Waals surface area contributed by atoms with Crippen molar-refractivity contribution in [3.8, 4) is 0 Å². The summed E-state index contributed by atoms with van der Waals surface area (Å²) in [7, 11) is 0. The van der Waals surface area contributed by atoms with E-state index in [0.29, 0.717) is 19.8 Å². The van der Waals surface area contributed by atoms with Gasteiger partial charge in [0.2, 0.25) is 0 Å². The molecule has 0 aliphatic rings. The summed E-state index contributed by atoms with van der Waals surface area (Å²) in [5.74, 6) is 0. The lowest BCUT2D eigenvalue weighted by molar-refractivity contribution is -0.133. The second-order valence-corrected chi connectivity index (χ2v) is 6.46. The lowest BCUT2D eigenvalue weighted by Gasteiger charge is -2.23. The standard InChI is InChI=1S/C20H26BrNO2/c1-3-23-20(24-4-2)15-22-19(17-8-6-5-7-9-17)14-16-10-12-18(21)13-11-16/h5-13,19-20,22H,3-4,14-15H2,1-2H3/t19-/m0/s1. The Labute approximate surface area is 153 Å². The predicted octanol–water partition coefficient (Wildman–Crippen LogP) is 4.72. The molecule has 0 aliphatic carbocycles. The number of halogens is 1. The molecule has 3 nitrogen and oxygen atoms in total. The Morgan fingerprint density at radius 3 is 2.12 bits per heavy atom. The molecule has 0 saturated heterocycles. The van der Waals surface area contributed by atoms with Gasteiger partial charge in [0.1, 0.15) is 0 Å². The first-order chi connectivity index (χ1) is 11.7. The molecule has 1 N–H and O–H groups in total. The average Bonchev–Trinajstić information content (AvgIpc) is 2.61. The molecular weight excluding hydrogens is 366 g/mol. The van der Waals surface area contributed by atoms with Gasteiger partial charge in [0.25, 0.3) is 0 Å². The van der Waals surface area contributed by atoms with Gasteiger partial charge in [-0.3, -0.25) is 0 Å². The summed E-state index contributed by atoms with van der Waals surface area (Å²) in [6, 6.07) is 19.2. The van der Waals surface area contributed by atoms with Crippen molar-refractivity contribution in [2.75, 3.05) is 19.8 Å². The van der Waals surface area contributed by atoms with E-state index in [9.17, 15) is 0 Å². The molecule has 0 bridgehead atoms. The normalized spacial score (nSPS) is 12.5. The van der Waals surface area contributed by atoms with Crippen molar-refractivity contribution in [3.05, 3.63) is 70.2 Å². The molecule has 0 spiro atoms. The third kappa shape index (κ3) is 6.36. The van der Waals surface area contributed by atoms with Crippen LogP contribution in [0.2, 0.25) is 0 Å². The van der Waals surface area contributed by atoms with Crippen LogP contribution < -0.4 is 5.32 Å². The first-order valence-corrected chi connectivity index (χ1v) is 9.28. The van der Waals surface area contributed by atoms with E-state index < -0.39 is 0 Å². The maximum Gasteiger partial charge on any atom is 0.169 e. The van der Waals surface area contributed by atoms with E-state index in [1.807, 2.05) is 19.9 Å². The number of hydrogen-bond donors (Lipinski definition) is 1. The summed E-state index contributed by atoms with van der Waals surface area (Å²) in [6.45, 7) is 5.94. The minimum atomic E-state index is -0.212. The van der Waals surface area contributed by atoms with E-state index in [2.05, 4.69) is 69.8 Å². The number of nitrogens with one attached hydrogen (secondary N) is 1. The molecule has 0 aromatic heterocycles. The van der Waals surface area contributed by atoms with E-state index in [0.717, 1.165) is 10.9 Å². The van der Waals surface area contributed by atoms with Gasteiger partial charge in [0.15, 0.2) is 6.29 Å². The van der Waals surface area contributed by atoms with Gasteiger partial charge < -0.3 is 14.8 Å². The fraction of sp³-hybridized carbons (Fsp3) is 0.400. The first-order valence-electron chi connectivity index (χ1n) is 8.48. The lowest BCUT2D eigenvalue weighted by atomic mass is 9.99. The third-order valence-corrected chi connectivity index (χ3v) is 4.32. The molecule has 130 valence electrons. The fourth-order valence-electron chi connectivity index (χ4n) is 2.63. The fourth-order valence-corrected chi connectivity index (χ4v) is 2.89. The molecule has 4 heteroatoms. The van der Waals surface area contributed by atoms with Gasteiger partial charge in [-0.05, 0) is 43.5 Å². The summed E-state index contributed by atoms with van der Waals surface area (Å²) < 4.78 is 12.4. The second-order valence-electron chi connectivity index (χ2n) is 5.54. The van der Waals surface area contributed by atoms with E-state index in [1.54, 1.807) is 0 Å². The highest BCUT2D eigenvalue weighted by molar-refractivity contribution is 9.10. The van der Waals surface area contributed by atoms with Gasteiger partial charge in [-0.15, -0.1) is 0 Å². The van der Waals surface area contributed by atoms with Crippen LogP contribution in [0, 0.1) is 0 Å². The zero-order valence-corrected chi connectivity index (χ0v) is 16.0. The Hall–Kier alpha value is -1.20. The average molecular weight is 392 g/mol. The van der Waals surface area contributed by atoms with Crippen LogP contribution >= 0.6 is 15.9 Å². The van der Waals surface area contributed by atoms with Crippen LogP contribution in [0.15, 0.2) is 59.1 Å². The van der Waals surface area contributed by atoms with Gasteiger partial charge in [0.05, 0.1) is 0 Å². The van der Waals surface area contributed by atoms with Crippen LogP contribution in [-0.4, -0.2) is 26.0 Å². The summed E-state index contributed by atoms with van der Waals surface area (Å²) in [5.41, 5.74) is 2.57. The Bertz CT molecular complexity index is 568. The highest BCUT2D eigenvalue weighted by Gasteiger charge is 2.15. The Morgan fingerprint density at radius 1 is 0.917 bits per heavy atom. The smallest absolute Gasteiger partial charge is 0.169 e. The van der Waals surface area contributed by atoms with Crippen LogP contribution in [0.5, 0.6) is 0 Å². The monoisotopic (exact) mass is 391 g/mol. The van der Waals surface area contributed by atoms with Crippen LogP contribution in [-0.2, 0) is 15.9 Å². The van der Waals surface area contributed by atoms with E-state index in [4.69, 9.17) is 9.47 Å². The number of hydrogen-bond acceptors (Lipinski definition) is 3. The molecule has 24 heavy (non-hydrogen) atoms. The maximum atomic E-state index is 5.64. The van der Waals surface area contributed by atoms with Crippen molar-refractivity contribution in [2.45, 2.75) is 32.6 Å². The van der Waals surface area contributed by atoms with Crippen LogP contribution in [0.4, 0.5) is 0 Å². The zero-order valence-electron chi connectivity index (χ0n) is 14.4. The highest BCUT2D eigenvalue weighted by atomic mass is 79.9. The summed E-state index contributed by atoms with van der Waals surface area (Å²) >= 11 is 3.49. The minimum Gasteiger partial charge on any atom is -0.352 e. The number of benzene rings is 2. The van der Waals surface area contributed by atoms with Crippen molar-refractivity contribution in [1.29, 1.82) is 0 Å². The van der Waals surface area contributed by atoms with Crippen molar-refractivity contribution in [3.63, 3.8) is 0 Å². The van der Waals surface area contributed by atoms with E-state index in [-0.39, 0.29) is 12.3 Å². The van der Waals surface area contributed by atoms with Gasteiger partial charge in [-0.1, -0.05) is 58.4 Å². The number of ether oxygens (including phenoxy) is 2. The molecule has 0 unspecified atom stereocenters. The van der Waals surface area contributed by atoms with Crippen molar-refractivity contribution < 1.29 is 9.47 Å². The topological polar surface area (TPSA) is 30.5 Å².